The fraction of sp³-hybridized carbons (Fsp3) is 0.385. The SMILES string of the molecule is N#CC1(C(=O)Nc2c(F)cc(F)cc2Cl)CCOCC1. The average Bonchev–Trinajstić information content (AvgIpc) is 2.43. The summed E-state index contributed by atoms with van der Waals surface area (Å²) in [4.78, 5) is 12.2. The van der Waals surface area contributed by atoms with Gasteiger partial charge in [0.15, 0.2) is 5.82 Å². The summed E-state index contributed by atoms with van der Waals surface area (Å²) in [5.41, 5.74) is -1.60. The number of anilines is 1. The number of halogens is 3. The Morgan fingerprint density at radius 2 is 2.05 bits per heavy atom. The number of hydrogen-bond donors (Lipinski definition) is 1. The lowest BCUT2D eigenvalue weighted by Crippen LogP contribution is -2.40. The topological polar surface area (TPSA) is 62.1 Å². The molecule has 1 aromatic rings. The number of nitrogens with zero attached hydrogens (tertiary/aromatic N) is 1. The van der Waals surface area contributed by atoms with Gasteiger partial charge in [-0.05, 0) is 18.9 Å². The molecule has 1 amide bonds. The number of carbonyl (C=O) groups is 1. The summed E-state index contributed by atoms with van der Waals surface area (Å²) in [7, 11) is 0. The quantitative estimate of drug-likeness (QED) is 0.913. The van der Waals surface area contributed by atoms with Crippen molar-refractivity contribution in [3.05, 3.63) is 28.8 Å². The number of hydrogen-bond acceptors (Lipinski definition) is 3. The number of benzene rings is 1. The monoisotopic (exact) mass is 300 g/mol. The standard InChI is InChI=1S/C13H11ClF2N2O2/c14-9-5-8(15)6-10(16)11(9)18-12(19)13(7-17)1-3-20-4-2-13/h5-6H,1-4H2,(H,18,19). The smallest absolute Gasteiger partial charge is 0.245 e. The van der Waals surface area contributed by atoms with E-state index in [-0.39, 0.29) is 36.8 Å². The highest BCUT2D eigenvalue weighted by Gasteiger charge is 2.41. The molecule has 1 saturated heterocycles. The molecule has 0 aromatic heterocycles. The maximum atomic E-state index is 13.6. The van der Waals surface area contributed by atoms with Gasteiger partial charge in [0.05, 0.1) is 16.8 Å². The van der Waals surface area contributed by atoms with Crippen LogP contribution in [-0.4, -0.2) is 19.1 Å². The molecule has 0 atom stereocenters. The van der Waals surface area contributed by atoms with Gasteiger partial charge in [0.2, 0.25) is 5.91 Å². The Bertz CT molecular complexity index is 557. The molecule has 106 valence electrons. The largest absolute Gasteiger partial charge is 0.381 e. The third-order valence-corrected chi connectivity index (χ3v) is 3.54. The zero-order valence-electron chi connectivity index (χ0n) is 10.4. The second-order valence-corrected chi connectivity index (χ2v) is 4.91. The van der Waals surface area contributed by atoms with Crippen LogP contribution in [0, 0.1) is 28.4 Å². The van der Waals surface area contributed by atoms with Crippen LogP contribution in [0.4, 0.5) is 14.5 Å². The molecular weight excluding hydrogens is 290 g/mol. The van der Waals surface area contributed by atoms with E-state index < -0.39 is 23.0 Å². The molecule has 7 heteroatoms. The first kappa shape index (κ1) is 14.7. The van der Waals surface area contributed by atoms with Crippen molar-refractivity contribution in [1.82, 2.24) is 0 Å². The second kappa shape index (κ2) is 5.73. The van der Waals surface area contributed by atoms with Crippen LogP contribution in [0.15, 0.2) is 12.1 Å². The van der Waals surface area contributed by atoms with E-state index in [0.717, 1.165) is 6.07 Å². The fourth-order valence-electron chi connectivity index (χ4n) is 2.00. The van der Waals surface area contributed by atoms with Crippen LogP contribution < -0.4 is 5.32 Å². The van der Waals surface area contributed by atoms with Gasteiger partial charge in [0.25, 0.3) is 0 Å². The predicted molar refractivity (Wildman–Crippen MR) is 68.1 cm³/mol. The van der Waals surface area contributed by atoms with E-state index in [1.165, 1.54) is 0 Å². The molecule has 1 heterocycles. The number of amides is 1. The third kappa shape index (κ3) is 2.74. The Morgan fingerprint density at radius 3 is 2.60 bits per heavy atom. The van der Waals surface area contributed by atoms with Crippen molar-refractivity contribution in [2.45, 2.75) is 12.8 Å². The highest BCUT2D eigenvalue weighted by Crippen LogP contribution is 2.33. The van der Waals surface area contributed by atoms with Crippen LogP contribution in [0.25, 0.3) is 0 Å². The van der Waals surface area contributed by atoms with E-state index in [9.17, 15) is 18.8 Å². The van der Waals surface area contributed by atoms with E-state index in [1.54, 1.807) is 0 Å². The van der Waals surface area contributed by atoms with Crippen LogP contribution >= 0.6 is 11.6 Å². The molecule has 1 N–H and O–H groups in total. The van der Waals surface area contributed by atoms with E-state index >= 15 is 0 Å². The van der Waals surface area contributed by atoms with E-state index in [4.69, 9.17) is 16.3 Å². The zero-order valence-corrected chi connectivity index (χ0v) is 11.1. The Morgan fingerprint density at radius 1 is 1.40 bits per heavy atom. The van der Waals surface area contributed by atoms with E-state index in [1.807, 2.05) is 6.07 Å². The van der Waals surface area contributed by atoms with Crippen molar-refractivity contribution >= 4 is 23.2 Å². The summed E-state index contributed by atoms with van der Waals surface area (Å²) >= 11 is 5.70. The van der Waals surface area contributed by atoms with Gasteiger partial charge in [0.1, 0.15) is 11.2 Å². The summed E-state index contributed by atoms with van der Waals surface area (Å²) in [5, 5.41) is 11.2. The first-order valence-corrected chi connectivity index (χ1v) is 6.31. The molecule has 0 aliphatic carbocycles. The molecule has 1 aliphatic rings. The number of nitriles is 1. The minimum atomic E-state index is -1.28. The maximum Gasteiger partial charge on any atom is 0.245 e. The highest BCUT2D eigenvalue weighted by molar-refractivity contribution is 6.33. The molecule has 4 nitrogen and oxygen atoms in total. The molecule has 0 unspecified atom stereocenters. The maximum absolute atomic E-state index is 13.6. The average molecular weight is 301 g/mol. The lowest BCUT2D eigenvalue weighted by Gasteiger charge is -2.29. The molecule has 0 saturated carbocycles. The Balaban J connectivity index is 2.26. The lowest BCUT2D eigenvalue weighted by atomic mass is 9.81. The Labute approximate surface area is 119 Å². The van der Waals surface area contributed by atoms with E-state index in [0.29, 0.717) is 6.07 Å². The minimum Gasteiger partial charge on any atom is -0.381 e. The van der Waals surface area contributed by atoms with Gasteiger partial charge < -0.3 is 10.1 Å². The van der Waals surface area contributed by atoms with Crippen molar-refractivity contribution in [3.8, 4) is 6.07 Å². The predicted octanol–water partition coefficient (Wildman–Crippen LogP) is 2.88. The first-order valence-electron chi connectivity index (χ1n) is 5.93. The van der Waals surface area contributed by atoms with Gasteiger partial charge in [0, 0.05) is 19.3 Å². The zero-order chi connectivity index (χ0) is 14.8. The molecular formula is C13H11ClF2N2O2. The van der Waals surface area contributed by atoms with Crippen molar-refractivity contribution in [2.24, 2.45) is 5.41 Å². The molecule has 2 rings (SSSR count). The van der Waals surface area contributed by atoms with E-state index in [2.05, 4.69) is 5.32 Å². The number of ether oxygens (including phenoxy) is 1. The van der Waals surface area contributed by atoms with Gasteiger partial charge in [-0.2, -0.15) is 5.26 Å². The molecule has 1 aliphatic heterocycles. The normalized spacial score (nSPS) is 17.3. The lowest BCUT2D eigenvalue weighted by molar-refractivity contribution is -0.126. The first-order chi connectivity index (χ1) is 9.48. The molecule has 20 heavy (non-hydrogen) atoms. The summed E-state index contributed by atoms with van der Waals surface area (Å²) in [5.74, 6) is -2.48. The van der Waals surface area contributed by atoms with Crippen LogP contribution in [0.1, 0.15) is 12.8 Å². The van der Waals surface area contributed by atoms with Crippen molar-refractivity contribution < 1.29 is 18.3 Å². The highest BCUT2D eigenvalue weighted by atomic mass is 35.5. The summed E-state index contributed by atoms with van der Waals surface area (Å²) in [6, 6.07) is 3.46. The van der Waals surface area contributed by atoms with Gasteiger partial charge in [-0.25, -0.2) is 8.78 Å². The number of rotatable bonds is 2. The molecule has 0 spiro atoms. The van der Waals surface area contributed by atoms with Crippen LogP contribution in [-0.2, 0) is 9.53 Å². The number of carbonyl (C=O) groups excluding carboxylic acids is 1. The van der Waals surface area contributed by atoms with Crippen molar-refractivity contribution in [1.29, 1.82) is 5.26 Å². The summed E-state index contributed by atoms with van der Waals surface area (Å²) in [6.45, 7) is 0.557. The van der Waals surface area contributed by atoms with Gasteiger partial charge >= 0.3 is 0 Å². The third-order valence-electron chi connectivity index (χ3n) is 3.24. The van der Waals surface area contributed by atoms with Gasteiger partial charge in [-0.3, -0.25) is 4.79 Å². The number of nitrogens with one attached hydrogen (secondary N) is 1. The second-order valence-electron chi connectivity index (χ2n) is 4.50. The molecule has 1 aromatic carbocycles. The minimum absolute atomic E-state index is 0.218. The van der Waals surface area contributed by atoms with Gasteiger partial charge in [-0.15, -0.1) is 0 Å². The van der Waals surface area contributed by atoms with Gasteiger partial charge in [-0.1, -0.05) is 11.6 Å². The summed E-state index contributed by atoms with van der Waals surface area (Å²) < 4.78 is 31.7. The Hall–Kier alpha value is -1.71. The van der Waals surface area contributed by atoms with Crippen molar-refractivity contribution in [2.75, 3.05) is 18.5 Å². The summed E-state index contributed by atoms with van der Waals surface area (Å²) in [6.07, 6.45) is 0.436. The Kier molecular flexibility index (Phi) is 4.21. The van der Waals surface area contributed by atoms with Crippen molar-refractivity contribution in [3.63, 3.8) is 0 Å². The molecule has 0 radical (unpaired) electrons. The molecule has 1 fully saturated rings. The van der Waals surface area contributed by atoms with Crippen LogP contribution in [0.3, 0.4) is 0 Å². The molecule has 0 bridgehead atoms. The van der Waals surface area contributed by atoms with Crippen LogP contribution in [0.5, 0.6) is 0 Å². The van der Waals surface area contributed by atoms with Crippen LogP contribution in [0.2, 0.25) is 5.02 Å². The fourth-order valence-corrected chi connectivity index (χ4v) is 2.25.